The van der Waals surface area contributed by atoms with E-state index in [0.29, 0.717) is 0 Å². The van der Waals surface area contributed by atoms with E-state index in [0.717, 1.165) is 5.56 Å². The van der Waals surface area contributed by atoms with Crippen LogP contribution >= 0.6 is 0 Å². The quantitative estimate of drug-likeness (QED) is 0.638. The predicted octanol–water partition coefficient (Wildman–Crippen LogP) is 2.86. The summed E-state index contributed by atoms with van der Waals surface area (Å²) in [4.78, 5) is 3.98. The Kier molecular flexibility index (Phi) is 2.09. The first-order valence-electron chi connectivity index (χ1n) is 4.26. The summed E-state index contributed by atoms with van der Waals surface area (Å²) in [6, 6.07) is 12.2. The summed E-state index contributed by atoms with van der Waals surface area (Å²) in [7, 11) is 0. The molecule has 1 heterocycles. The molecule has 0 saturated heterocycles. The van der Waals surface area contributed by atoms with Gasteiger partial charge in [0, 0.05) is 11.8 Å². The van der Waals surface area contributed by atoms with Crippen molar-refractivity contribution < 1.29 is 0 Å². The summed E-state index contributed by atoms with van der Waals surface area (Å²) in [5.74, 6) is 0. The Bertz CT molecular complexity index is 393. The van der Waals surface area contributed by atoms with Crippen molar-refractivity contribution in [3.05, 3.63) is 54.4 Å². The summed E-state index contributed by atoms with van der Waals surface area (Å²) in [5, 5.41) is 0. The third-order valence-electron chi connectivity index (χ3n) is 2.04. The van der Waals surface area contributed by atoms with Crippen LogP contribution in [0.25, 0.3) is 11.1 Å². The summed E-state index contributed by atoms with van der Waals surface area (Å²) in [6.07, 6.45) is 4.71. The van der Waals surface area contributed by atoms with Gasteiger partial charge in [-0.1, -0.05) is 30.3 Å². The first kappa shape index (κ1) is 7.99. The number of rotatable bonds is 1. The average Bonchev–Trinajstić information content (AvgIpc) is 2.20. The minimum atomic E-state index is 1.06. The minimum absolute atomic E-state index is 1.06. The normalized spacial score (nSPS) is 9.92. The third kappa shape index (κ3) is 1.59. The van der Waals surface area contributed by atoms with Crippen molar-refractivity contribution in [3.63, 3.8) is 0 Å². The molecule has 2 aromatic rings. The van der Waals surface area contributed by atoms with Gasteiger partial charge in [-0.2, -0.15) is 0 Å². The van der Waals surface area contributed by atoms with E-state index >= 15 is 0 Å². The molecular formula is C12H10N. The first-order valence-corrected chi connectivity index (χ1v) is 4.26. The summed E-state index contributed by atoms with van der Waals surface area (Å²) >= 11 is 0. The van der Waals surface area contributed by atoms with Gasteiger partial charge in [0.15, 0.2) is 0 Å². The molecule has 0 spiro atoms. The Morgan fingerprint density at radius 3 is 2.62 bits per heavy atom. The van der Waals surface area contributed by atoms with Crippen molar-refractivity contribution in [2.75, 3.05) is 0 Å². The van der Waals surface area contributed by atoms with Crippen molar-refractivity contribution in [2.24, 2.45) is 0 Å². The lowest BCUT2D eigenvalue weighted by Gasteiger charge is -2.03. The van der Waals surface area contributed by atoms with Crippen LogP contribution in [0.2, 0.25) is 0 Å². The summed E-state index contributed by atoms with van der Waals surface area (Å²) < 4.78 is 0. The highest BCUT2D eigenvalue weighted by Gasteiger charge is 1.99. The van der Waals surface area contributed by atoms with Gasteiger partial charge < -0.3 is 0 Å². The number of hydrogen-bond acceptors (Lipinski definition) is 1. The lowest BCUT2D eigenvalue weighted by atomic mass is 10.0. The van der Waals surface area contributed by atoms with Gasteiger partial charge in [-0.15, -0.1) is 0 Å². The highest BCUT2D eigenvalue weighted by molar-refractivity contribution is 5.65. The van der Waals surface area contributed by atoms with Gasteiger partial charge in [0.25, 0.3) is 0 Å². The van der Waals surface area contributed by atoms with E-state index in [1.54, 1.807) is 6.20 Å². The van der Waals surface area contributed by atoms with E-state index in [1.807, 2.05) is 24.3 Å². The molecule has 0 unspecified atom stereocenters. The van der Waals surface area contributed by atoms with Crippen LogP contribution < -0.4 is 0 Å². The fraction of sp³-hybridized carbons (Fsp3) is 0.0833. The predicted molar refractivity (Wildman–Crippen MR) is 53.2 cm³/mol. The molecule has 1 heteroatoms. The molecule has 0 aliphatic rings. The Morgan fingerprint density at radius 1 is 1.08 bits per heavy atom. The maximum atomic E-state index is 3.98. The van der Waals surface area contributed by atoms with Crippen LogP contribution in [-0.4, -0.2) is 4.98 Å². The molecular weight excluding hydrogens is 158 g/mol. The largest absolute Gasteiger partial charge is 0.254 e. The Labute approximate surface area is 78.1 Å². The minimum Gasteiger partial charge on any atom is -0.254 e. The van der Waals surface area contributed by atoms with Crippen LogP contribution in [0, 0.1) is 13.1 Å². The SMILES string of the molecule is Cc1ccccc1-c1[c]nccc1. The van der Waals surface area contributed by atoms with Crippen LogP contribution in [0.4, 0.5) is 0 Å². The first-order chi connectivity index (χ1) is 6.38. The molecule has 1 nitrogen and oxygen atoms in total. The number of nitrogens with zero attached hydrogens (tertiary/aromatic N) is 1. The van der Waals surface area contributed by atoms with E-state index in [4.69, 9.17) is 0 Å². The van der Waals surface area contributed by atoms with Gasteiger partial charge in [0.05, 0.1) is 6.20 Å². The zero-order valence-electron chi connectivity index (χ0n) is 7.49. The van der Waals surface area contributed by atoms with Gasteiger partial charge in [-0.3, -0.25) is 4.98 Å². The molecule has 0 fully saturated rings. The van der Waals surface area contributed by atoms with E-state index in [2.05, 4.69) is 30.2 Å². The molecule has 0 aliphatic carbocycles. The van der Waals surface area contributed by atoms with Crippen LogP contribution in [0.3, 0.4) is 0 Å². The van der Waals surface area contributed by atoms with Gasteiger partial charge >= 0.3 is 0 Å². The third-order valence-corrected chi connectivity index (χ3v) is 2.04. The maximum Gasteiger partial charge on any atom is 0.0970 e. The monoisotopic (exact) mass is 168 g/mol. The topological polar surface area (TPSA) is 12.9 Å². The van der Waals surface area contributed by atoms with Crippen LogP contribution in [0.1, 0.15) is 5.56 Å². The second-order valence-corrected chi connectivity index (χ2v) is 2.98. The van der Waals surface area contributed by atoms with Crippen LogP contribution in [0.5, 0.6) is 0 Å². The molecule has 0 saturated carbocycles. The standard InChI is InChI=1S/C12H10N/c1-10-5-2-3-7-12(10)11-6-4-8-13-9-11/h2-8H,1H3. The van der Waals surface area contributed by atoms with E-state index in [1.165, 1.54) is 11.1 Å². The number of pyridine rings is 1. The highest BCUT2D eigenvalue weighted by Crippen LogP contribution is 2.20. The average molecular weight is 168 g/mol. The van der Waals surface area contributed by atoms with Crippen molar-refractivity contribution in [1.29, 1.82) is 0 Å². The van der Waals surface area contributed by atoms with E-state index in [-0.39, 0.29) is 0 Å². The Balaban J connectivity index is 2.54. The highest BCUT2D eigenvalue weighted by atomic mass is 14.6. The second-order valence-electron chi connectivity index (χ2n) is 2.98. The fourth-order valence-electron chi connectivity index (χ4n) is 1.35. The molecule has 13 heavy (non-hydrogen) atoms. The molecule has 2 rings (SSSR count). The molecule has 0 bridgehead atoms. The van der Waals surface area contributed by atoms with E-state index in [9.17, 15) is 0 Å². The van der Waals surface area contributed by atoms with Gasteiger partial charge in [-0.25, -0.2) is 0 Å². The molecule has 0 amide bonds. The zero-order valence-corrected chi connectivity index (χ0v) is 7.49. The van der Waals surface area contributed by atoms with Crippen molar-refractivity contribution in [1.82, 2.24) is 4.98 Å². The number of aromatic nitrogens is 1. The molecule has 63 valence electrons. The lowest BCUT2D eigenvalue weighted by molar-refractivity contribution is 1.30. The Morgan fingerprint density at radius 2 is 1.92 bits per heavy atom. The molecule has 0 aliphatic heterocycles. The Hall–Kier alpha value is -1.63. The van der Waals surface area contributed by atoms with E-state index < -0.39 is 0 Å². The zero-order chi connectivity index (χ0) is 9.10. The van der Waals surface area contributed by atoms with Gasteiger partial charge in [0.2, 0.25) is 0 Å². The van der Waals surface area contributed by atoms with Crippen molar-refractivity contribution >= 4 is 0 Å². The van der Waals surface area contributed by atoms with Crippen molar-refractivity contribution in [3.8, 4) is 11.1 Å². The number of aryl methyl sites for hydroxylation is 1. The maximum absolute atomic E-state index is 3.98. The lowest BCUT2D eigenvalue weighted by Crippen LogP contribution is -1.82. The molecule has 1 aromatic carbocycles. The second kappa shape index (κ2) is 3.40. The fourth-order valence-corrected chi connectivity index (χ4v) is 1.35. The van der Waals surface area contributed by atoms with Crippen molar-refractivity contribution in [2.45, 2.75) is 6.92 Å². The molecule has 0 atom stereocenters. The summed E-state index contributed by atoms with van der Waals surface area (Å²) in [5.41, 5.74) is 3.52. The number of hydrogen-bond donors (Lipinski definition) is 0. The van der Waals surface area contributed by atoms with Crippen LogP contribution in [-0.2, 0) is 0 Å². The van der Waals surface area contributed by atoms with Crippen LogP contribution in [0.15, 0.2) is 42.6 Å². The number of benzene rings is 1. The van der Waals surface area contributed by atoms with Gasteiger partial charge in [-0.05, 0) is 24.1 Å². The summed E-state index contributed by atoms with van der Waals surface area (Å²) in [6.45, 7) is 2.09. The molecule has 1 radical (unpaired) electrons. The molecule has 1 aromatic heterocycles. The van der Waals surface area contributed by atoms with Gasteiger partial charge in [0.1, 0.15) is 0 Å². The molecule has 0 N–H and O–H groups in total. The smallest absolute Gasteiger partial charge is 0.0970 e.